The molecule has 1 fully saturated rings. The predicted octanol–water partition coefficient (Wildman–Crippen LogP) is 2.69. The zero-order valence-electron chi connectivity index (χ0n) is 14.7. The van der Waals surface area contributed by atoms with E-state index in [2.05, 4.69) is 0 Å². The highest BCUT2D eigenvalue weighted by Gasteiger charge is 2.33. The first kappa shape index (κ1) is 16.7. The molecule has 0 unspecified atom stereocenters. The second-order valence-corrected chi connectivity index (χ2v) is 7.02. The van der Waals surface area contributed by atoms with Crippen LogP contribution >= 0.6 is 0 Å². The van der Waals surface area contributed by atoms with Crippen LogP contribution in [-0.4, -0.2) is 36.3 Å². The van der Waals surface area contributed by atoms with Crippen molar-refractivity contribution in [1.82, 2.24) is 4.90 Å². The summed E-state index contributed by atoms with van der Waals surface area (Å²) >= 11 is 0. The summed E-state index contributed by atoms with van der Waals surface area (Å²) in [5.74, 6) is 0.0866. The smallest absolute Gasteiger partial charge is 0.257 e. The molecule has 1 aromatic carbocycles. The van der Waals surface area contributed by atoms with Gasteiger partial charge in [-0.05, 0) is 49.4 Å². The van der Waals surface area contributed by atoms with Gasteiger partial charge in [-0.3, -0.25) is 9.59 Å². The lowest BCUT2D eigenvalue weighted by molar-refractivity contribution is -0.123. The van der Waals surface area contributed by atoms with E-state index in [4.69, 9.17) is 10.2 Å². The van der Waals surface area contributed by atoms with Crippen LogP contribution in [0.4, 0.5) is 11.4 Å². The van der Waals surface area contributed by atoms with Crippen molar-refractivity contribution in [2.24, 2.45) is 5.92 Å². The number of amides is 2. The summed E-state index contributed by atoms with van der Waals surface area (Å²) in [4.78, 5) is 29.2. The first-order chi connectivity index (χ1) is 12.6. The van der Waals surface area contributed by atoms with E-state index in [0.29, 0.717) is 31.5 Å². The number of piperidine rings is 1. The molecule has 0 bridgehead atoms. The molecule has 2 amide bonds. The number of fused-ring (bicyclic) bond motifs is 1. The van der Waals surface area contributed by atoms with Crippen LogP contribution in [0.25, 0.3) is 0 Å². The fourth-order valence-corrected chi connectivity index (χ4v) is 4.00. The first-order valence-corrected chi connectivity index (χ1v) is 9.15. The number of carbonyl (C=O) groups excluding carboxylic acids is 2. The SMILES string of the molecule is Nc1cccc2c1CCCN2C(=O)C1CCN(C(=O)c2ccoc2)CC1. The molecule has 26 heavy (non-hydrogen) atoms. The van der Waals surface area contributed by atoms with Gasteiger partial charge in [-0.25, -0.2) is 0 Å². The summed E-state index contributed by atoms with van der Waals surface area (Å²) in [6, 6.07) is 7.47. The Bertz CT molecular complexity index is 808. The number of likely N-dealkylation sites (tertiary alicyclic amines) is 1. The summed E-state index contributed by atoms with van der Waals surface area (Å²) in [5.41, 5.74) is 9.46. The number of nitrogens with zero attached hydrogens (tertiary/aromatic N) is 2. The van der Waals surface area contributed by atoms with E-state index in [1.165, 1.54) is 12.5 Å². The second kappa shape index (κ2) is 6.86. The van der Waals surface area contributed by atoms with Gasteiger partial charge in [-0.1, -0.05) is 6.07 Å². The number of nitrogen functional groups attached to an aromatic ring is 1. The molecule has 2 aliphatic heterocycles. The topological polar surface area (TPSA) is 79.8 Å². The lowest BCUT2D eigenvalue weighted by Gasteiger charge is -2.36. The predicted molar refractivity (Wildman–Crippen MR) is 98.9 cm³/mol. The molecule has 0 saturated carbocycles. The lowest BCUT2D eigenvalue weighted by atomic mass is 9.92. The average molecular weight is 353 g/mol. The Hall–Kier alpha value is -2.76. The highest BCUT2D eigenvalue weighted by molar-refractivity contribution is 5.97. The molecular weight excluding hydrogens is 330 g/mol. The Morgan fingerprint density at radius 1 is 1.12 bits per heavy atom. The standard InChI is InChI=1S/C20H23N3O3/c21-17-4-1-5-18-16(17)3-2-9-23(18)20(25)14-6-10-22(11-7-14)19(24)15-8-12-26-13-15/h1,4-5,8,12-14H,2-3,6-7,9-11,21H2. The normalized spacial score (nSPS) is 17.8. The molecule has 0 atom stereocenters. The molecule has 6 nitrogen and oxygen atoms in total. The van der Waals surface area contributed by atoms with E-state index >= 15 is 0 Å². The molecule has 3 heterocycles. The molecule has 0 spiro atoms. The summed E-state index contributed by atoms with van der Waals surface area (Å²) in [7, 11) is 0. The molecule has 6 heteroatoms. The molecule has 2 N–H and O–H groups in total. The number of furan rings is 1. The highest BCUT2D eigenvalue weighted by atomic mass is 16.3. The first-order valence-electron chi connectivity index (χ1n) is 9.15. The summed E-state index contributed by atoms with van der Waals surface area (Å²) in [5, 5.41) is 0. The van der Waals surface area contributed by atoms with Crippen LogP contribution in [0.3, 0.4) is 0 Å². The maximum absolute atomic E-state index is 13.1. The molecule has 2 aliphatic rings. The number of rotatable bonds is 2. The number of hydrogen-bond acceptors (Lipinski definition) is 4. The Morgan fingerprint density at radius 2 is 1.92 bits per heavy atom. The van der Waals surface area contributed by atoms with Crippen molar-refractivity contribution in [2.45, 2.75) is 25.7 Å². The summed E-state index contributed by atoms with van der Waals surface area (Å²) < 4.78 is 4.99. The maximum Gasteiger partial charge on any atom is 0.257 e. The van der Waals surface area contributed by atoms with Gasteiger partial charge in [0, 0.05) is 36.9 Å². The zero-order chi connectivity index (χ0) is 18.1. The van der Waals surface area contributed by atoms with Crippen LogP contribution in [0.15, 0.2) is 41.2 Å². The van der Waals surface area contributed by atoms with Crippen molar-refractivity contribution >= 4 is 23.2 Å². The van der Waals surface area contributed by atoms with Gasteiger partial charge in [0.05, 0.1) is 11.8 Å². The van der Waals surface area contributed by atoms with Gasteiger partial charge in [0.1, 0.15) is 6.26 Å². The minimum Gasteiger partial charge on any atom is -0.472 e. The van der Waals surface area contributed by atoms with Gasteiger partial charge in [0.2, 0.25) is 5.91 Å². The van der Waals surface area contributed by atoms with Gasteiger partial charge in [0.15, 0.2) is 0 Å². The van der Waals surface area contributed by atoms with Crippen molar-refractivity contribution in [3.63, 3.8) is 0 Å². The van der Waals surface area contributed by atoms with Crippen LogP contribution in [-0.2, 0) is 11.2 Å². The quantitative estimate of drug-likeness (QED) is 0.842. The summed E-state index contributed by atoms with van der Waals surface area (Å²) in [6.45, 7) is 1.93. The number of nitrogens with two attached hydrogens (primary N) is 1. The van der Waals surface area contributed by atoms with E-state index in [1.807, 2.05) is 23.1 Å². The number of carbonyl (C=O) groups is 2. The van der Waals surface area contributed by atoms with Crippen LogP contribution in [0, 0.1) is 5.92 Å². The molecule has 0 radical (unpaired) electrons. The maximum atomic E-state index is 13.1. The van der Waals surface area contributed by atoms with E-state index in [9.17, 15) is 9.59 Å². The van der Waals surface area contributed by atoms with E-state index in [-0.39, 0.29) is 17.7 Å². The number of benzene rings is 1. The van der Waals surface area contributed by atoms with Gasteiger partial charge < -0.3 is 20.0 Å². The molecular formula is C20H23N3O3. The van der Waals surface area contributed by atoms with Gasteiger partial charge in [-0.2, -0.15) is 0 Å². The minimum absolute atomic E-state index is 0.0271. The molecule has 1 saturated heterocycles. The monoisotopic (exact) mass is 353 g/mol. The van der Waals surface area contributed by atoms with E-state index in [0.717, 1.165) is 36.3 Å². The van der Waals surface area contributed by atoms with E-state index < -0.39 is 0 Å². The minimum atomic E-state index is -0.0456. The Morgan fingerprint density at radius 3 is 2.65 bits per heavy atom. The highest BCUT2D eigenvalue weighted by Crippen LogP contribution is 2.33. The largest absolute Gasteiger partial charge is 0.472 e. The van der Waals surface area contributed by atoms with Crippen LogP contribution in [0.1, 0.15) is 35.2 Å². The van der Waals surface area contributed by atoms with Crippen molar-refractivity contribution in [3.8, 4) is 0 Å². The molecule has 0 aliphatic carbocycles. The Labute approximate surface area is 152 Å². The van der Waals surface area contributed by atoms with Crippen LogP contribution in [0.5, 0.6) is 0 Å². The van der Waals surface area contributed by atoms with Gasteiger partial charge in [0.25, 0.3) is 5.91 Å². The molecule has 4 rings (SSSR count). The molecule has 1 aromatic heterocycles. The fourth-order valence-electron chi connectivity index (χ4n) is 4.00. The number of hydrogen-bond donors (Lipinski definition) is 1. The average Bonchev–Trinajstić information content (AvgIpc) is 3.22. The third-order valence-electron chi connectivity index (χ3n) is 5.45. The van der Waals surface area contributed by atoms with Crippen molar-refractivity contribution in [2.75, 3.05) is 30.3 Å². The summed E-state index contributed by atoms with van der Waals surface area (Å²) in [6.07, 6.45) is 6.21. The van der Waals surface area contributed by atoms with Gasteiger partial charge in [-0.15, -0.1) is 0 Å². The third kappa shape index (κ3) is 2.96. The molecule has 2 aromatic rings. The third-order valence-corrected chi connectivity index (χ3v) is 5.45. The van der Waals surface area contributed by atoms with Crippen molar-refractivity contribution in [1.29, 1.82) is 0 Å². The Balaban J connectivity index is 1.43. The van der Waals surface area contributed by atoms with Crippen LogP contribution in [0.2, 0.25) is 0 Å². The molecule has 136 valence electrons. The van der Waals surface area contributed by atoms with Crippen molar-refractivity contribution < 1.29 is 14.0 Å². The lowest BCUT2D eigenvalue weighted by Crippen LogP contribution is -2.45. The second-order valence-electron chi connectivity index (χ2n) is 7.02. The fraction of sp³-hybridized carbons (Fsp3) is 0.400. The van der Waals surface area contributed by atoms with Gasteiger partial charge >= 0.3 is 0 Å². The van der Waals surface area contributed by atoms with Crippen molar-refractivity contribution in [3.05, 3.63) is 47.9 Å². The Kier molecular flexibility index (Phi) is 4.41. The van der Waals surface area contributed by atoms with Crippen LogP contribution < -0.4 is 10.6 Å². The zero-order valence-corrected chi connectivity index (χ0v) is 14.7. The number of anilines is 2. The van der Waals surface area contributed by atoms with E-state index in [1.54, 1.807) is 11.0 Å².